The summed E-state index contributed by atoms with van der Waals surface area (Å²) in [7, 11) is 0. The molecule has 0 aromatic rings. The Labute approximate surface area is 435 Å². The Morgan fingerprint density at radius 3 is 0.829 bits per heavy atom. The standard InChI is InChI=1S/C64H118O6/c1-4-7-10-13-16-18-20-22-24-25-26-27-28-29-30-31-32-33-34-35-36-37-38-39-41-42-44-46-48-51-54-57-63(66)69-60-61(59-68-62(65)56-53-50-15-12-9-6-3)70-64(67)58-55-52-49-47-45-43-40-23-21-19-17-14-11-8-5-2/h17,19,23,25-26,40,61H,4-16,18,20-22,24,27-39,41-60H2,1-3H3/b19-17-,26-25-,40-23-. The molecule has 0 aliphatic heterocycles. The van der Waals surface area contributed by atoms with Crippen LogP contribution in [0.4, 0.5) is 0 Å². The number of carbonyl (C=O) groups excluding carboxylic acids is 3. The molecule has 0 fully saturated rings. The molecule has 410 valence electrons. The molecule has 0 heterocycles. The summed E-state index contributed by atoms with van der Waals surface area (Å²) < 4.78 is 16.8. The lowest BCUT2D eigenvalue weighted by Crippen LogP contribution is -2.30. The maximum Gasteiger partial charge on any atom is 0.306 e. The predicted octanol–water partition coefficient (Wildman–Crippen LogP) is 20.8. The fourth-order valence-corrected chi connectivity index (χ4v) is 9.18. The second-order valence-corrected chi connectivity index (χ2v) is 21.0. The first kappa shape index (κ1) is 67.6. The van der Waals surface area contributed by atoms with Crippen molar-refractivity contribution in [3.63, 3.8) is 0 Å². The van der Waals surface area contributed by atoms with Gasteiger partial charge in [-0.25, -0.2) is 0 Å². The molecule has 6 heteroatoms. The van der Waals surface area contributed by atoms with Gasteiger partial charge < -0.3 is 14.2 Å². The third kappa shape index (κ3) is 56.5. The van der Waals surface area contributed by atoms with E-state index in [4.69, 9.17) is 14.2 Å². The van der Waals surface area contributed by atoms with Gasteiger partial charge in [0.15, 0.2) is 6.10 Å². The summed E-state index contributed by atoms with van der Waals surface area (Å²) in [4.78, 5) is 37.9. The van der Waals surface area contributed by atoms with E-state index < -0.39 is 6.10 Å². The molecule has 0 aliphatic carbocycles. The van der Waals surface area contributed by atoms with Gasteiger partial charge in [-0.15, -0.1) is 0 Å². The Bertz CT molecular complexity index is 1170. The van der Waals surface area contributed by atoms with E-state index in [0.717, 1.165) is 83.5 Å². The van der Waals surface area contributed by atoms with E-state index in [1.54, 1.807) is 0 Å². The topological polar surface area (TPSA) is 78.9 Å². The minimum Gasteiger partial charge on any atom is -0.462 e. The van der Waals surface area contributed by atoms with Crippen LogP contribution in [0.2, 0.25) is 0 Å². The molecule has 1 unspecified atom stereocenters. The Hall–Kier alpha value is -2.37. The molecule has 0 saturated carbocycles. The Balaban J connectivity index is 3.96. The van der Waals surface area contributed by atoms with E-state index in [9.17, 15) is 14.4 Å². The van der Waals surface area contributed by atoms with Gasteiger partial charge >= 0.3 is 17.9 Å². The van der Waals surface area contributed by atoms with Gasteiger partial charge in [-0.1, -0.05) is 276 Å². The van der Waals surface area contributed by atoms with Crippen LogP contribution in [0.25, 0.3) is 0 Å². The summed E-state index contributed by atoms with van der Waals surface area (Å²) >= 11 is 0. The lowest BCUT2D eigenvalue weighted by Gasteiger charge is -2.18. The highest BCUT2D eigenvalue weighted by Gasteiger charge is 2.19. The molecule has 0 saturated heterocycles. The molecule has 0 aromatic heterocycles. The van der Waals surface area contributed by atoms with Crippen LogP contribution in [0.3, 0.4) is 0 Å². The quantitative estimate of drug-likeness (QED) is 0.0261. The zero-order valence-electron chi connectivity index (χ0n) is 47.1. The molecule has 0 aromatic carbocycles. The zero-order valence-corrected chi connectivity index (χ0v) is 47.1. The summed E-state index contributed by atoms with van der Waals surface area (Å²) in [6.07, 6.45) is 72.0. The van der Waals surface area contributed by atoms with Crippen LogP contribution in [-0.2, 0) is 28.6 Å². The van der Waals surface area contributed by atoms with Crippen molar-refractivity contribution in [1.82, 2.24) is 0 Å². The van der Waals surface area contributed by atoms with Crippen molar-refractivity contribution >= 4 is 17.9 Å². The molecule has 0 aliphatic rings. The van der Waals surface area contributed by atoms with Crippen LogP contribution in [-0.4, -0.2) is 37.2 Å². The molecule has 0 radical (unpaired) electrons. The number of allylic oxidation sites excluding steroid dienone is 6. The molecular weight excluding hydrogens is 865 g/mol. The normalized spacial score (nSPS) is 12.2. The van der Waals surface area contributed by atoms with Crippen LogP contribution in [0, 0.1) is 0 Å². The van der Waals surface area contributed by atoms with E-state index in [2.05, 4.69) is 57.2 Å². The van der Waals surface area contributed by atoms with Crippen molar-refractivity contribution in [2.24, 2.45) is 0 Å². The van der Waals surface area contributed by atoms with Crippen molar-refractivity contribution in [2.75, 3.05) is 13.2 Å². The highest BCUT2D eigenvalue weighted by atomic mass is 16.6. The summed E-state index contributed by atoms with van der Waals surface area (Å²) in [6, 6.07) is 0. The van der Waals surface area contributed by atoms with Gasteiger partial charge in [0.1, 0.15) is 13.2 Å². The first-order valence-corrected chi connectivity index (χ1v) is 31.0. The summed E-state index contributed by atoms with van der Waals surface area (Å²) in [5.41, 5.74) is 0. The third-order valence-electron chi connectivity index (χ3n) is 13.9. The van der Waals surface area contributed by atoms with Crippen LogP contribution in [0.1, 0.15) is 335 Å². The predicted molar refractivity (Wildman–Crippen MR) is 302 cm³/mol. The van der Waals surface area contributed by atoms with Crippen LogP contribution >= 0.6 is 0 Å². The van der Waals surface area contributed by atoms with Gasteiger partial charge in [0, 0.05) is 19.3 Å². The average molecular weight is 984 g/mol. The van der Waals surface area contributed by atoms with Crippen molar-refractivity contribution in [1.29, 1.82) is 0 Å². The van der Waals surface area contributed by atoms with Gasteiger partial charge in [-0.05, 0) is 77.0 Å². The van der Waals surface area contributed by atoms with Crippen molar-refractivity contribution < 1.29 is 28.6 Å². The Morgan fingerprint density at radius 2 is 0.514 bits per heavy atom. The third-order valence-corrected chi connectivity index (χ3v) is 13.9. The molecule has 0 rings (SSSR count). The molecular formula is C64H118O6. The first-order chi connectivity index (χ1) is 34.5. The molecule has 0 N–H and O–H groups in total. The van der Waals surface area contributed by atoms with E-state index in [0.29, 0.717) is 19.3 Å². The fraction of sp³-hybridized carbons (Fsp3) is 0.859. The summed E-state index contributed by atoms with van der Waals surface area (Å²) in [5, 5.41) is 0. The summed E-state index contributed by atoms with van der Waals surface area (Å²) in [6.45, 7) is 6.58. The van der Waals surface area contributed by atoms with E-state index in [1.807, 2.05) is 0 Å². The van der Waals surface area contributed by atoms with Crippen LogP contribution < -0.4 is 0 Å². The smallest absolute Gasteiger partial charge is 0.306 e. The van der Waals surface area contributed by atoms with Gasteiger partial charge in [0.05, 0.1) is 0 Å². The number of hydrogen-bond acceptors (Lipinski definition) is 6. The largest absolute Gasteiger partial charge is 0.462 e. The molecule has 0 amide bonds. The maximum absolute atomic E-state index is 12.8. The molecule has 70 heavy (non-hydrogen) atoms. The van der Waals surface area contributed by atoms with E-state index >= 15 is 0 Å². The maximum atomic E-state index is 12.8. The molecule has 6 nitrogen and oxygen atoms in total. The van der Waals surface area contributed by atoms with Gasteiger partial charge in [-0.3, -0.25) is 14.4 Å². The van der Waals surface area contributed by atoms with Crippen molar-refractivity contribution in [3.05, 3.63) is 36.5 Å². The minimum atomic E-state index is -0.773. The monoisotopic (exact) mass is 983 g/mol. The lowest BCUT2D eigenvalue weighted by molar-refractivity contribution is -0.167. The fourth-order valence-electron chi connectivity index (χ4n) is 9.18. The van der Waals surface area contributed by atoms with E-state index in [1.165, 1.54) is 212 Å². The summed E-state index contributed by atoms with van der Waals surface area (Å²) in [5.74, 6) is -0.883. The van der Waals surface area contributed by atoms with Crippen molar-refractivity contribution in [2.45, 2.75) is 341 Å². The number of rotatable bonds is 57. The second-order valence-electron chi connectivity index (χ2n) is 21.0. The lowest BCUT2D eigenvalue weighted by atomic mass is 10.0. The van der Waals surface area contributed by atoms with Gasteiger partial charge in [0.25, 0.3) is 0 Å². The Kier molecular flexibility index (Phi) is 57.2. The number of unbranched alkanes of at least 4 members (excludes halogenated alkanes) is 40. The van der Waals surface area contributed by atoms with Crippen LogP contribution in [0.15, 0.2) is 36.5 Å². The zero-order chi connectivity index (χ0) is 50.7. The number of esters is 3. The van der Waals surface area contributed by atoms with Gasteiger partial charge in [-0.2, -0.15) is 0 Å². The average Bonchev–Trinajstić information content (AvgIpc) is 3.36. The van der Waals surface area contributed by atoms with E-state index in [-0.39, 0.29) is 31.1 Å². The van der Waals surface area contributed by atoms with Gasteiger partial charge in [0.2, 0.25) is 0 Å². The first-order valence-electron chi connectivity index (χ1n) is 31.0. The highest BCUT2D eigenvalue weighted by molar-refractivity contribution is 5.71. The molecule has 0 spiro atoms. The van der Waals surface area contributed by atoms with Crippen molar-refractivity contribution in [3.8, 4) is 0 Å². The Morgan fingerprint density at radius 1 is 0.286 bits per heavy atom. The second kappa shape index (κ2) is 59.2. The molecule has 1 atom stereocenters. The number of carbonyl (C=O) groups is 3. The van der Waals surface area contributed by atoms with Crippen LogP contribution in [0.5, 0.6) is 0 Å². The number of ether oxygens (including phenoxy) is 3. The number of hydrogen-bond donors (Lipinski definition) is 0. The SMILES string of the molecule is CCCCC/C=C\C/C=C\CCCCCCCC(=O)OC(COC(=O)CCCCCCCC)COC(=O)CCCCCCCCCCCCCCCCCCCCC/C=C\CCCCCCCCCC. The minimum absolute atomic E-state index is 0.0743. The molecule has 0 bridgehead atoms. The highest BCUT2D eigenvalue weighted by Crippen LogP contribution is 2.17.